The summed E-state index contributed by atoms with van der Waals surface area (Å²) in [6.45, 7) is -0.0742. The maximum absolute atomic E-state index is 13.1. The second kappa shape index (κ2) is 9.49. The number of hydrogen-bond donors (Lipinski definition) is 1. The van der Waals surface area contributed by atoms with Crippen LogP contribution in [0.25, 0.3) is 11.3 Å². The third kappa shape index (κ3) is 4.18. The predicted octanol–water partition coefficient (Wildman–Crippen LogP) is 5.21. The van der Waals surface area contributed by atoms with E-state index in [0.717, 1.165) is 33.1 Å². The summed E-state index contributed by atoms with van der Waals surface area (Å²) in [7, 11) is 0. The number of benzene rings is 3. The molecule has 3 aromatic carbocycles. The van der Waals surface area contributed by atoms with Crippen LogP contribution in [-0.4, -0.2) is 28.8 Å². The molecule has 0 saturated carbocycles. The van der Waals surface area contributed by atoms with Crippen LogP contribution in [0.15, 0.2) is 84.2 Å². The first kappa shape index (κ1) is 21.9. The molecule has 2 heterocycles. The van der Waals surface area contributed by atoms with E-state index < -0.39 is 6.04 Å². The molecule has 0 unspecified atom stereocenters. The summed E-state index contributed by atoms with van der Waals surface area (Å²) < 4.78 is 13.1. The molecule has 166 valence electrons. The van der Waals surface area contributed by atoms with Gasteiger partial charge in [-0.2, -0.15) is 5.26 Å². The molecule has 0 amide bonds. The molecule has 1 aliphatic rings. The maximum Gasteiger partial charge on any atom is 0.187 e. The van der Waals surface area contributed by atoms with E-state index in [1.807, 2.05) is 64.9 Å². The molecule has 5 rings (SSSR count). The first-order valence-electron chi connectivity index (χ1n) is 10.9. The van der Waals surface area contributed by atoms with Gasteiger partial charge in [0.2, 0.25) is 0 Å². The number of anilines is 1. The number of aliphatic hydroxyl groups is 1. The van der Waals surface area contributed by atoms with Gasteiger partial charge in [0.15, 0.2) is 5.13 Å². The molecule has 3 atom stereocenters. The zero-order chi connectivity index (χ0) is 23.5. The molecule has 34 heavy (non-hydrogen) atoms. The molecule has 0 aliphatic carbocycles. The van der Waals surface area contributed by atoms with Crippen LogP contribution in [0.1, 0.15) is 22.6 Å². The fourth-order valence-electron chi connectivity index (χ4n) is 4.26. The summed E-state index contributed by atoms with van der Waals surface area (Å²) in [5.74, 6) is 5.69. The van der Waals surface area contributed by atoms with Crippen LogP contribution in [0.4, 0.5) is 9.52 Å². The molecule has 1 fully saturated rings. The van der Waals surface area contributed by atoms with Gasteiger partial charge in [-0.15, -0.1) is 11.3 Å². The second-order valence-corrected chi connectivity index (χ2v) is 8.85. The lowest BCUT2D eigenvalue weighted by atomic mass is 9.76. The highest BCUT2D eigenvalue weighted by atomic mass is 32.1. The van der Waals surface area contributed by atoms with E-state index >= 15 is 0 Å². The number of nitrogens with zero attached hydrogens (tertiary/aromatic N) is 3. The maximum atomic E-state index is 13.1. The minimum atomic E-state index is -0.414. The van der Waals surface area contributed by atoms with E-state index in [1.165, 1.54) is 23.5 Å². The second-order valence-electron chi connectivity index (χ2n) is 8.02. The van der Waals surface area contributed by atoms with Crippen molar-refractivity contribution in [2.24, 2.45) is 0 Å². The van der Waals surface area contributed by atoms with Crippen molar-refractivity contribution in [2.75, 3.05) is 11.5 Å². The summed E-state index contributed by atoms with van der Waals surface area (Å²) in [6, 6.07) is 25.5. The SMILES string of the molecule is N#C[C@@H]1[C@@H](c2ccc(C#Cc3ccc(F)cc3)cc2)[C@H](CO)N1c1nc(-c2ccccc2)cs1. The van der Waals surface area contributed by atoms with Gasteiger partial charge in [0.05, 0.1) is 24.4 Å². The highest BCUT2D eigenvalue weighted by Gasteiger charge is 2.50. The van der Waals surface area contributed by atoms with Crippen LogP contribution in [0, 0.1) is 29.0 Å². The summed E-state index contributed by atoms with van der Waals surface area (Å²) in [6.07, 6.45) is 0. The number of thiazole rings is 1. The van der Waals surface area contributed by atoms with Gasteiger partial charge in [-0.25, -0.2) is 9.37 Å². The van der Waals surface area contributed by atoms with Gasteiger partial charge in [0.25, 0.3) is 0 Å². The molecule has 0 radical (unpaired) electrons. The van der Waals surface area contributed by atoms with Crippen LogP contribution in [0.5, 0.6) is 0 Å². The van der Waals surface area contributed by atoms with E-state index in [0.29, 0.717) is 0 Å². The molecule has 0 spiro atoms. The lowest BCUT2D eigenvalue weighted by molar-refractivity contribution is 0.187. The van der Waals surface area contributed by atoms with Crippen LogP contribution < -0.4 is 4.90 Å². The Kier molecular flexibility index (Phi) is 6.10. The highest BCUT2D eigenvalue weighted by Crippen LogP contribution is 2.45. The summed E-state index contributed by atoms with van der Waals surface area (Å²) >= 11 is 1.48. The van der Waals surface area contributed by atoms with E-state index in [2.05, 4.69) is 17.9 Å². The molecule has 1 saturated heterocycles. The van der Waals surface area contributed by atoms with Crippen LogP contribution in [-0.2, 0) is 0 Å². The van der Waals surface area contributed by atoms with Crippen molar-refractivity contribution in [2.45, 2.75) is 18.0 Å². The Morgan fingerprint density at radius 2 is 1.59 bits per heavy atom. The fourth-order valence-corrected chi connectivity index (χ4v) is 5.19. The standard InChI is InChI=1S/C28H20FN3OS/c29-23-14-10-20(11-15-23)7-6-19-8-12-22(13-9-19)27-25(16-30)32(26(27)17-33)28-31-24(18-34-28)21-4-2-1-3-5-21/h1-5,8-15,18,25-27,33H,17H2/t25-,26+,27-/m1/s1. The lowest BCUT2D eigenvalue weighted by Gasteiger charge is -2.51. The fraction of sp³-hybridized carbons (Fsp3) is 0.143. The molecular weight excluding hydrogens is 445 g/mol. The Bertz CT molecular complexity index is 1380. The van der Waals surface area contributed by atoms with Crippen molar-refractivity contribution >= 4 is 16.5 Å². The smallest absolute Gasteiger partial charge is 0.187 e. The van der Waals surface area contributed by atoms with Crippen LogP contribution in [0.2, 0.25) is 0 Å². The highest BCUT2D eigenvalue weighted by molar-refractivity contribution is 7.14. The summed E-state index contributed by atoms with van der Waals surface area (Å²) in [5.41, 5.74) is 4.43. The molecule has 4 aromatic rings. The number of rotatable bonds is 4. The zero-order valence-corrected chi connectivity index (χ0v) is 18.9. The lowest BCUT2D eigenvalue weighted by Crippen LogP contribution is -2.63. The first-order valence-corrected chi connectivity index (χ1v) is 11.7. The van der Waals surface area contributed by atoms with Gasteiger partial charge in [-0.3, -0.25) is 0 Å². The third-order valence-corrected chi connectivity index (χ3v) is 6.86. The van der Waals surface area contributed by atoms with E-state index in [4.69, 9.17) is 4.98 Å². The summed E-state index contributed by atoms with van der Waals surface area (Å²) in [5, 5.41) is 22.8. The minimum absolute atomic E-state index is 0.0742. The average Bonchev–Trinajstić information content (AvgIpc) is 3.34. The van der Waals surface area contributed by atoms with Crippen molar-refractivity contribution in [3.8, 4) is 29.2 Å². The van der Waals surface area contributed by atoms with Crippen molar-refractivity contribution in [3.63, 3.8) is 0 Å². The Morgan fingerprint density at radius 1 is 0.941 bits per heavy atom. The molecule has 0 bridgehead atoms. The minimum Gasteiger partial charge on any atom is -0.394 e. The average molecular weight is 466 g/mol. The monoisotopic (exact) mass is 465 g/mol. The van der Waals surface area contributed by atoms with Crippen molar-refractivity contribution < 1.29 is 9.50 Å². The van der Waals surface area contributed by atoms with Gasteiger partial charge in [0.1, 0.15) is 11.9 Å². The number of hydrogen-bond acceptors (Lipinski definition) is 5. The zero-order valence-electron chi connectivity index (χ0n) is 18.1. The van der Waals surface area contributed by atoms with Gasteiger partial charge in [0, 0.05) is 28.0 Å². The van der Waals surface area contributed by atoms with Gasteiger partial charge in [-0.05, 0) is 42.0 Å². The number of nitriles is 1. The van der Waals surface area contributed by atoms with E-state index in [9.17, 15) is 14.8 Å². The molecule has 1 N–H and O–H groups in total. The largest absolute Gasteiger partial charge is 0.394 e. The van der Waals surface area contributed by atoms with Crippen LogP contribution >= 0.6 is 11.3 Å². The van der Waals surface area contributed by atoms with E-state index in [-0.39, 0.29) is 24.4 Å². The molecule has 4 nitrogen and oxygen atoms in total. The molecule has 6 heteroatoms. The molecule has 1 aliphatic heterocycles. The predicted molar refractivity (Wildman–Crippen MR) is 132 cm³/mol. The van der Waals surface area contributed by atoms with Gasteiger partial charge >= 0.3 is 0 Å². The summed E-state index contributed by atoms with van der Waals surface area (Å²) in [4.78, 5) is 6.66. The topological polar surface area (TPSA) is 60.1 Å². The Labute approximate surface area is 201 Å². The van der Waals surface area contributed by atoms with Gasteiger partial charge < -0.3 is 10.0 Å². The third-order valence-electron chi connectivity index (χ3n) is 6.00. The van der Waals surface area contributed by atoms with Crippen molar-refractivity contribution in [3.05, 3.63) is 107 Å². The normalized spacial score (nSPS) is 19.0. The quantitative estimate of drug-likeness (QED) is 0.421. The van der Waals surface area contributed by atoms with Crippen LogP contribution in [0.3, 0.4) is 0 Å². The Morgan fingerprint density at radius 3 is 2.21 bits per heavy atom. The van der Waals surface area contributed by atoms with Crippen molar-refractivity contribution in [1.82, 2.24) is 4.98 Å². The Balaban J connectivity index is 1.35. The van der Waals surface area contributed by atoms with Gasteiger partial charge in [-0.1, -0.05) is 54.3 Å². The Hall–Kier alpha value is -3.97. The molecule has 1 aromatic heterocycles. The van der Waals surface area contributed by atoms with E-state index in [1.54, 1.807) is 12.1 Å². The number of halogens is 1. The molecular formula is C28H20FN3OS. The first-order chi connectivity index (χ1) is 16.7. The number of aliphatic hydroxyl groups excluding tert-OH is 1. The number of aromatic nitrogens is 1. The van der Waals surface area contributed by atoms with Crippen molar-refractivity contribution in [1.29, 1.82) is 5.26 Å².